The second kappa shape index (κ2) is 5.21. The maximum absolute atomic E-state index is 14.1. The third-order valence-corrected chi connectivity index (χ3v) is 5.33. The highest BCUT2D eigenvalue weighted by Gasteiger charge is 2.30. The van der Waals surface area contributed by atoms with Gasteiger partial charge in [0.25, 0.3) is 0 Å². The summed E-state index contributed by atoms with van der Waals surface area (Å²) in [4.78, 5) is 0. The van der Waals surface area contributed by atoms with Crippen molar-refractivity contribution in [1.82, 2.24) is 0 Å². The Kier molecular flexibility index (Phi) is 3.55. The highest BCUT2D eigenvalue weighted by molar-refractivity contribution is 7.93. The summed E-state index contributed by atoms with van der Waals surface area (Å²) in [5.41, 5.74) is 0.0949. The molecular formula is C13H16FNO4S. The molecule has 3 rings (SSSR count). The zero-order chi connectivity index (χ0) is 14.2. The minimum Gasteiger partial charge on any atom is -0.488 e. The second-order valence-electron chi connectivity index (χ2n) is 4.96. The van der Waals surface area contributed by atoms with Crippen molar-refractivity contribution in [3.05, 3.63) is 24.0 Å². The van der Waals surface area contributed by atoms with Gasteiger partial charge in [-0.2, -0.15) is 0 Å². The number of halogens is 1. The van der Waals surface area contributed by atoms with Gasteiger partial charge in [-0.25, -0.2) is 12.8 Å². The van der Waals surface area contributed by atoms with Gasteiger partial charge in [0.15, 0.2) is 5.82 Å². The molecule has 2 heterocycles. The molecule has 0 amide bonds. The zero-order valence-corrected chi connectivity index (χ0v) is 11.7. The predicted octanol–water partition coefficient (Wildman–Crippen LogP) is 1.53. The van der Waals surface area contributed by atoms with E-state index in [1.807, 2.05) is 0 Å². The van der Waals surface area contributed by atoms with E-state index in [2.05, 4.69) is 0 Å². The van der Waals surface area contributed by atoms with Crippen LogP contribution in [0.4, 0.5) is 10.1 Å². The second-order valence-corrected chi connectivity index (χ2v) is 6.97. The Morgan fingerprint density at radius 1 is 1.40 bits per heavy atom. The monoisotopic (exact) mass is 301 g/mol. The quantitative estimate of drug-likeness (QED) is 0.849. The molecule has 2 fully saturated rings. The fourth-order valence-corrected chi connectivity index (χ4v) is 4.04. The first-order valence-electron chi connectivity index (χ1n) is 6.61. The summed E-state index contributed by atoms with van der Waals surface area (Å²) in [7, 11) is -3.37. The minimum absolute atomic E-state index is 0.0595. The van der Waals surface area contributed by atoms with Gasteiger partial charge >= 0.3 is 0 Å². The van der Waals surface area contributed by atoms with Gasteiger partial charge in [-0.05, 0) is 18.6 Å². The third-order valence-electron chi connectivity index (χ3n) is 3.48. The standard InChI is InChI=1S/C13H16FNO4S/c14-12-8-10(19-11-4-6-18-9-11)2-3-13(12)15-5-1-7-20(15,16)17/h2-3,8,11H,1,4-7,9H2. The smallest absolute Gasteiger partial charge is 0.235 e. The molecule has 0 radical (unpaired) electrons. The van der Waals surface area contributed by atoms with E-state index in [1.54, 1.807) is 6.07 Å². The van der Waals surface area contributed by atoms with Crippen LogP contribution in [0, 0.1) is 5.82 Å². The van der Waals surface area contributed by atoms with Crippen molar-refractivity contribution >= 4 is 15.7 Å². The van der Waals surface area contributed by atoms with Crippen molar-refractivity contribution in [2.45, 2.75) is 18.9 Å². The average molecular weight is 301 g/mol. The molecule has 0 spiro atoms. The van der Waals surface area contributed by atoms with E-state index in [4.69, 9.17) is 9.47 Å². The SMILES string of the molecule is O=S1(=O)CCCN1c1ccc(OC2CCOC2)cc1F. The highest BCUT2D eigenvalue weighted by atomic mass is 32.2. The van der Waals surface area contributed by atoms with Gasteiger partial charge in [0.05, 0.1) is 24.7 Å². The molecule has 1 aromatic carbocycles. The van der Waals surface area contributed by atoms with Gasteiger partial charge < -0.3 is 9.47 Å². The summed E-state index contributed by atoms with van der Waals surface area (Å²) < 4.78 is 49.6. The molecule has 1 atom stereocenters. The molecule has 0 saturated carbocycles. The lowest BCUT2D eigenvalue weighted by Crippen LogP contribution is -2.26. The summed E-state index contributed by atoms with van der Waals surface area (Å²) in [6.45, 7) is 1.48. The van der Waals surface area contributed by atoms with Gasteiger partial charge in [0.2, 0.25) is 10.0 Å². The number of nitrogens with zero attached hydrogens (tertiary/aromatic N) is 1. The third kappa shape index (κ3) is 2.60. The van der Waals surface area contributed by atoms with Crippen molar-refractivity contribution in [2.75, 3.05) is 29.8 Å². The van der Waals surface area contributed by atoms with E-state index >= 15 is 0 Å². The first-order valence-corrected chi connectivity index (χ1v) is 8.21. The molecule has 2 saturated heterocycles. The zero-order valence-electron chi connectivity index (χ0n) is 10.9. The summed E-state index contributed by atoms with van der Waals surface area (Å²) in [5.74, 6) is -0.102. The van der Waals surface area contributed by atoms with Gasteiger partial charge in [0, 0.05) is 19.0 Å². The van der Waals surface area contributed by atoms with Crippen molar-refractivity contribution < 1.29 is 22.3 Å². The van der Waals surface area contributed by atoms with Crippen LogP contribution in [0.15, 0.2) is 18.2 Å². The molecule has 2 aliphatic heterocycles. The van der Waals surface area contributed by atoms with Crippen LogP contribution in [0.3, 0.4) is 0 Å². The molecule has 5 nitrogen and oxygen atoms in total. The maximum atomic E-state index is 14.1. The Hall–Kier alpha value is -1.34. The van der Waals surface area contributed by atoms with Crippen LogP contribution in [-0.2, 0) is 14.8 Å². The Bertz CT molecular complexity index is 598. The van der Waals surface area contributed by atoms with Gasteiger partial charge in [-0.15, -0.1) is 0 Å². The predicted molar refractivity (Wildman–Crippen MR) is 72.0 cm³/mol. The van der Waals surface area contributed by atoms with Crippen LogP contribution in [0.25, 0.3) is 0 Å². The van der Waals surface area contributed by atoms with Crippen molar-refractivity contribution in [1.29, 1.82) is 0 Å². The summed E-state index contributed by atoms with van der Waals surface area (Å²) in [5, 5.41) is 0. The topological polar surface area (TPSA) is 55.8 Å². The van der Waals surface area contributed by atoms with E-state index in [9.17, 15) is 12.8 Å². The fourth-order valence-electron chi connectivity index (χ4n) is 2.47. The normalized spacial score (nSPS) is 25.1. The number of sulfonamides is 1. The molecule has 110 valence electrons. The van der Waals surface area contributed by atoms with Gasteiger partial charge in [-0.3, -0.25) is 4.31 Å². The molecule has 1 aromatic rings. The van der Waals surface area contributed by atoms with Crippen LogP contribution in [0.2, 0.25) is 0 Å². The van der Waals surface area contributed by atoms with Crippen LogP contribution in [0.1, 0.15) is 12.8 Å². The largest absolute Gasteiger partial charge is 0.488 e. The lowest BCUT2D eigenvalue weighted by atomic mass is 10.2. The van der Waals surface area contributed by atoms with Gasteiger partial charge in [0.1, 0.15) is 11.9 Å². The molecule has 2 aliphatic rings. The van der Waals surface area contributed by atoms with Crippen LogP contribution in [-0.4, -0.2) is 40.0 Å². The Morgan fingerprint density at radius 3 is 2.85 bits per heavy atom. The van der Waals surface area contributed by atoms with Crippen LogP contribution < -0.4 is 9.04 Å². The fraction of sp³-hybridized carbons (Fsp3) is 0.538. The van der Waals surface area contributed by atoms with Gasteiger partial charge in [-0.1, -0.05) is 0 Å². The van der Waals surface area contributed by atoms with E-state index in [1.165, 1.54) is 12.1 Å². The lowest BCUT2D eigenvalue weighted by Gasteiger charge is -2.19. The minimum atomic E-state index is -3.37. The molecule has 7 heteroatoms. The number of benzene rings is 1. The number of anilines is 1. The van der Waals surface area contributed by atoms with Crippen molar-refractivity contribution in [2.24, 2.45) is 0 Å². The molecule has 0 bridgehead atoms. The number of ether oxygens (including phenoxy) is 2. The highest BCUT2D eigenvalue weighted by Crippen LogP contribution is 2.30. The molecule has 0 aromatic heterocycles. The van der Waals surface area contributed by atoms with E-state index < -0.39 is 15.8 Å². The number of rotatable bonds is 3. The van der Waals surface area contributed by atoms with Crippen LogP contribution >= 0.6 is 0 Å². The first-order chi connectivity index (χ1) is 9.56. The Labute approximate surface area is 117 Å². The lowest BCUT2D eigenvalue weighted by molar-refractivity contribution is 0.141. The summed E-state index contributed by atoms with van der Waals surface area (Å²) in [6.07, 6.45) is 1.25. The number of hydrogen-bond acceptors (Lipinski definition) is 4. The summed E-state index contributed by atoms with van der Waals surface area (Å²) in [6, 6.07) is 4.30. The summed E-state index contributed by atoms with van der Waals surface area (Å²) >= 11 is 0. The molecule has 0 aliphatic carbocycles. The van der Waals surface area contributed by atoms with Crippen LogP contribution in [0.5, 0.6) is 5.75 Å². The number of hydrogen-bond donors (Lipinski definition) is 0. The Morgan fingerprint density at radius 2 is 2.25 bits per heavy atom. The van der Waals surface area contributed by atoms with E-state index in [-0.39, 0.29) is 17.5 Å². The maximum Gasteiger partial charge on any atom is 0.235 e. The van der Waals surface area contributed by atoms with E-state index in [0.717, 1.165) is 10.7 Å². The first kappa shape index (κ1) is 13.6. The van der Waals surface area contributed by atoms with Crippen molar-refractivity contribution in [3.63, 3.8) is 0 Å². The molecule has 20 heavy (non-hydrogen) atoms. The Balaban J connectivity index is 1.80. The van der Waals surface area contributed by atoms with E-state index in [0.29, 0.717) is 31.9 Å². The average Bonchev–Trinajstić information content (AvgIpc) is 2.99. The molecular weight excluding hydrogens is 285 g/mol. The molecule has 0 N–H and O–H groups in total. The molecule has 1 unspecified atom stereocenters. The van der Waals surface area contributed by atoms with Crippen molar-refractivity contribution in [3.8, 4) is 5.75 Å².